The third kappa shape index (κ3) is 3.12. The molecular weight excluding hydrogens is 252 g/mol. The van der Waals surface area contributed by atoms with Gasteiger partial charge in [0.2, 0.25) is 0 Å². The molecule has 20 heavy (non-hydrogen) atoms. The summed E-state index contributed by atoms with van der Waals surface area (Å²) in [6, 6.07) is 10.1. The molecule has 1 aliphatic rings. The number of nitrogens with two attached hydrogens (primary N) is 1. The average molecular weight is 276 g/mol. The van der Waals surface area contributed by atoms with Gasteiger partial charge in [0.05, 0.1) is 6.61 Å². The third-order valence-electron chi connectivity index (χ3n) is 3.92. The van der Waals surface area contributed by atoms with Crippen LogP contribution in [0.15, 0.2) is 30.3 Å². The Kier molecular flexibility index (Phi) is 4.65. The number of ether oxygens (including phenoxy) is 1. The van der Waals surface area contributed by atoms with Crippen molar-refractivity contribution < 1.29 is 9.53 Å². The molecule has 0 aliphatic heterocycles. The molecule has 1 saturated carbocycles. The van der Waals surface area contributed by atoms with Gasteiger partial charge in [-0.2, -0.15) is 0 Å². The van der Waals surface area contributed by atoms with Gasteiger partial charge in [0.25, 0.3) is 0 Å². The van der Waals surface area contributed by atoms with Crippen molar-refractivity contribution in [2.24, 2.45) is 11.7 Å². The largest absolute Gasteiger partial charge is 0.465 e. The number of likely N-dealkylation sites (N-methyl/N-ethyl adjacent to an activating group) is 1. The smallest absolute Gasteiger partial charge is 0.328 e. The maximum absolute atomic E-state index is 12.3. The molecule has 0 amide bonds. The van der Waals surface area contributed by atoms with Gasteiger partial charge in [0, 0.05) is 18.8 Å². The van der Waals surface area contributed by atoms with E-state index in [1.807, 2.05) is 37.3 Å². The maximum atomic E-state index is 12.3. The number of esters is 1. The van der Waals surface area contributed by atoms with Crippen LogP contribution in [-0.4, -0.2) is 31.2 Å². The van der Waals surface area contributed by atoms with Crippen LogP contribution in [0.5, 0.6) is 0 Å². The second kappa shape index (κ2) is 6.27. The average Bonchev–Trinajstić information content (AvgIpc) is 3.30. The summed E-state index contributed by atoms with van der Waals surface area (Å²) in [6.45, 7) is 5.60. The van der Waals surface area contributed by atoms with Crippen LogP contribution in [0.2, 0.25) is 0 Å². The molecule has 1 atom stereocenters. The van der Waals surface area contributed by atoms with E-state index >= 15 is 0 Å². The standard InChI is InChI=1S/C16H24N2O2/c1-3-18(14-8-6-5-7-9-14)12-16(17,13-10-11-13)15(19)20-4-2/h5-9,13H,3-4,10-12,17H2,1-2H3. The van der Waals surface area contributed by atoms with E-state index in [9.17, 15) is 4.79 Å². The van der Waals surface area contributed by atoms with E-state index in [4.69, 9.17) is 10.5 Å². The topological polar surface area (TPSA) is 55.6 Å². The van der Waals surface area contributed by atoms with Gasteiger partial charge >= 0.3 is 5.97 Å². The highest BCUT2D eigenvalue weighted by Crippen LogP contribution is 2.40. The predicted octanol–water partition coefficient (Wildman–Crippen LogP) is 2.18. The Morgan fingerprint density at radius 2 is 2.00 bits per heavy atom. The van der Waals surface area contributed by atoms with E-state index in [-0.39, 0.29) is 11.9 Å². The number of carbonyl (C=O) groups excluding carboxylic acids is 1. The first-order valence-corrected chi connectivity index (χ1v) is 7.38. The Labute approximate surface area is 120 Å². The highest BCUT2D eigenvalue weighted by molar-refractivity contribution is 5.82. The van der Waals surface area contributed by atoms with E-state index < -0.39 is 5.54 Å². The molecule has 1 fully saturated rings. The SMILES string of the molecule is CCOC(=O)C(N)(CN(CC)c1ccccc1)C1CC1. The molecule has 2 rings (SSSR count). The Morgan fingerprint density at radius 1 is 1.35 bits per heavy atom. The predicted molar refractivity (Wildman–Crippen MR) is 80.6 cm³/mol. The van der Waals surface area contributed by atoms with Crippen LogP contribution >= 0.6 is 0 Å². The molecule has 0 bridgehead atoms. The lowest BCUT2D eigenvalue weighted by atomic mass is 9.93. The van der Waals surface area contributed by atoms with Crippen LogP contribution in [0.4, 0.5) is 5.69 Å². The zero-order valence-electron chi connectivity index (χ0n) is 12.3. The van der Waals surface area contributed by atoms with Crippen molar-refractivity contribution in [2.75, 3.05) is 24.6 Å². The van der Waals surface area contributed by atoms with Gasteiger partial charge in [0.15, 0.2) is 0 Å². The first kappa shape index (κ1) is 14.9. The van der Waals surface area contributed by atoms with E-state index in [1.54, 1.807) is 0 Å². The number of carbonyl (C=O) groups is 1. The summed E-state index contributed by atoms with van der Waals surface area (Å²) in [5.41, 5.74) is 6.64. The molecule has 1 aliphatic carbocycles. The van der Waals surface area contributed by atoms with Crippen molar-refractivity contribution >= 4 is 11.7 Å². The fraction of sp³-hybridized carbons (Fsp3) is 0.562. The van der Waals surface area contributed by atoms with Gasteiger partial charge in [-0.3, -0.25) is 0 Å². The molecule has 0 heterocycles. The molecule has 1 unspecified atom stereocenters. The van der Waals surface area contributed by atoms with Crippen molar-refractivity contribution in [3.8, 4) is 0 Å². The molecule has 0 spiro atoms. The molecule has 0 saturated heterocycles. The van der Waals surface area contributed by atoms with E-state index in [1.165, 1.54) is 0 Å². The molecule has 110 valence electrons. The van der Waals surface area contributed by atoms with Gasteiger partial charge in [0.1, 0.15) is 5.54 Å². The van der Waals surface area contributed by atoms with E-state index in [0.717, 1.165) is 25.1 Å². The van der Waals surface area contributed by atoms with Crippen LogP contribution in [0.25, 0.3) is 0 Å². The minimum atomic E-state index is -0.887. The second-order valence-electron chi connectivity index (χ2n) is 5.38. The summed E-state index contributed by atoms with van der Waals surface area (Å²) in [7, 11) is 0. The van der Waals surface area contributed by atoms with Gasteiger partial charge in [-0.05, 0) is 44.7 Å². The summed E-state index contributed by atoms with van der Waals surface area (Å²) in [4.78, 5) is 14.4. The minimum absolute atomic E-state index is 0.249. The molecule has 4 heteroatoms. The maximum Gasteiger partial charge on any atom is 0.328 e. The Balaban J connectivity index is 2.16. The summed E-state index contributed by atoms with van der Waals surface area (Å²) in [5, 5.41) is 0. The van der Waals surface area contributed by atoms with Crippen molar-refractivity contribution in [3.63, 3.8) is 0 Å². The van der Waals surface area contributed by atoms with Crippen LogP contribution < -0.4 is 10.6 Å². The highest BCUT2D eigenvalue weighted by atomic mass is 16.5. The lowest BCUT2D eigenvalue weighted by Gasteiger charge is -2.34. The normalized spacial score (nSPS) is 17.4. The van der Waals surface area contributed by atoms with Gasteiger partial charge < -0.3 is 15.4 Å². The third-order valence-corrected chi connectivity index (χ3v) is 3.92. The minimum Gasteiger partial charge on any atom is -0.465 e. The number of benzene rings is 1. The fourth-order valence-electron chi connectivity index (χ4n) is 2.56. The number of nitrogens with zero attached hydrogens (tertiary/aromatic N) is 1. The van der Waals surface area contributed by atoms with Crippen LogP contribution in [0.1, 0.15) is 26.7 Å². The van der Waals surface area contributed by atoms with Crippen molar-refractivity contribution in [3.05, 3.63) is 30.3 Å². The molecule has 2 N–H and O–H groups in total. The van der Waals surface area contributed by atoms with Gasteiger partial charge in [-0.15, -0.1) is 0 Å². The fourth-order valence-corrected chi connectivity index (χ4v) is 2.56. The quantitative estimate of drug-likeness (QED) is 0.776. The second-order valence-corrected chi connectivity index (χ2v) is 5.38. The van der Waals surface area contributed by atoms with Crippen LogP contribution in [0.3, 0.4) is 0 Å². The Morgan fingerprint density at radius 3 is 2.50 bits per heavy atom. The lowest BCUT2D eigenvalue weighted by molar-refractivity contribution is -0.150. The number of hydrogen-bond acceptors (Lipinski definition) is 4. The van der Waals surface area contributed by atoms with Crippen LogP contribution in [-0.2, 0) is 9.53 Å². The van der Waals surface area contributed by atoms with E-state index in [2.05, 4.69) is 11.8 Å². The molecule has 0 radical (unpaired) electrons. The summed E-state index contributed by atoms with van der Waals surface area (Å²) in [6.07, 6.45) is 2.03. The molecule has 0 aromatic heterocycles. The van der Waals surface area contributed by atoms with Gasteiger partial charge in [-0.25, -0.2) is 4.79 Å². The first-order chi connectivity index (χ1) is 9.61. The van der Waals surface area contributed by atoms with E-state index in [0.29, 0.717) is 13.2 Å². The number of rotatable bonds is 7. The molecule has 1 aromatic rings. The highest BCUT2D eigenvalue weighted by Gasteiger charge is 2.50. The zero-order chi connectivity index (χ0) is 14.6. The summed E-state index contributed by atoms with van der Waals surface area (Å²) >= 11 is 0. The van der Waals surface area contributed by atoms with Crippen LogP contribution in [0, 0.1) is 5.92 Å². The molecule has 4 nitrogen and oxygen atoms in total. The zero-order valence-corrected chi connectivity index (χ0v) is 12.3. The van der Waals surface area contributed by atoms with Crippen molar-refractivity contribution in [1.82, 2.24) is 0 Å². The first-order valence-electron chi connectivity index (χ1n) is 7.38. The Bertz CT molecular complexity index is 445. The molecular formula is C16H24N2O2. The monoisotopic (exact) mass is 276 g/mol. The lowest BCUT2D eigenvalue weighted by Crippen LogP contribution is -2.58. The molecule has 1 aromatic carbocycles. The number of hydrogen-bond donors (Lipinski definition) is 1. The number of anilines is 1. The summed E-state index contributed by atoms with van der Waals surface area (Å²) < 4.78 is 5.20. The summed E-state index contributed by atoms with van der Waals surface area (Å²) in [5.74, 6) is -0.0174. The van der Waals surface area contributed by atoms with Crippen molar-refractivity contribution in [2.45, 2.75) is 32.2 Å². The van der Waals surface area contributed by atoms with Crippen molar-refractivity contribution in [1.29, 1.82) is 0 Å². The van der Waals surface area contributed by atoms with Gasteiger partial charge in [-0.1, -0.05) is 18.2 Å². The Hall–Kier alpha value is -1.55. The number of para-hydroxylation sites is 1.